The van der Waals surface area contributed by atoms with Crippen LogP contribution in [0.2, 0.25) is 0 Å². The van der Waals surface area contributed by atoms with Crippen LogP contribution in [0.3, 0.4) is 0 Å². The van der Waals surface area contributed by atoms with Crippen LogP contribution in [-0.4, -0.2) is 26.1 Å². The summed E-state index contributed by atoms with van der Waals surface area (Å²) in [5.41, 5.74) is 3.05. The summed E-state index contributed by atoms with van der Waals surface area (Å²) in [5.74, 6) is 2.06. The highest BCUT2D eigenvalue weighted by Crippen LogP contribution is 2.29. The minimum atomic E-state index is -0.157. The van der Waals surface area contributed by atoms with Gasteiger partial charge in [0.05, 0.1) is 5.69 Å². The molecule has 0 saturated heterocycles. The van der Waals surface area contributed by atoms with Gasteiger partial charge in [-0.05, 0) is 43.2 Å². The van der Waals surface area contributed by atoms with E-state index in [2.05, 4.69) is 27.3 Å². The molecule has 1 aromatic carbocycles. The number of hydrogen-bond donors (Lipinski definition) is 1. The Morgan fingerprint density at radius 3 is 3.08 bits per heavy atom. The molecule has 0 fully saturated rings. The minimum Gasteiger partial charge on any atom is -0.369 e. The summed E-state index contributed by atoms with van der Waals surface area (Å²) in [7, 11) is 0. The molecule has 0 bridgehead atoms. The van der Waals surface area contributed by atoms with Crippen molar-refractivity contribution in [2.45, 2.75) is 32.6 Å². The molecular formula is C18H20FN5. The Morgan fingerprint density at radius 1 is 1.33 bits per heavy atom. The van der Waals surface area contributed by atoms with Gasteiger partial charge in [-0.1, -0.05) is 25.1 Å². The van der Waals surface area contributed by atoms with Gasteiger partial charge in [0.2, 0.25) is 0 Å². The Hall–Kier alpha value is -2.50. The van der Waals surface area contributed by atoms with Crippen molar-refractivity contribution in [3.8, 4) is 0 Å². The predicted octanol–water partition coefficient (Wildman–Crippen LogP) is 3.04. The Balaban J connectivity index is 1.61. The second-order valence-corrected chi connectivity index (χ2v) is 6.47. The van der Waals surface area contributed by atoms with Crippen molar-refractivity contribution < 1.29 is 4.39 Å². The highest BCUT2D eigenvalue weighted by molar-refractivity contribution is 5.53. The van der Waals surface area contributed by atoms with Crippen LogP contribution in [0.5, 0.6) is 0 Å². The molecule has 5 nitrogen and oxygen atoms in total. The number of halogens is 1. The molecule has 24 heavy (non-hydrogen) atoms. The van der Waals surface area contributed by atoms with E-state index in [4.69, 9.17) is 0 Å². The van der Waals surface area contributed by atoms with E-state index in [0.717, 1.165) is 36.3 Å². The van der Waals surface area contributed by atoms with Gasteiger partial charge in [-0.3, -0.25) is 0 Å². The molecule has 0 unspecified atom stereocenters. The van der Waals surface area contributed by atoms with E-state index >= 15 is 0 Å². The largest absolute Gasteiger partial charge is 0.369 e. The second kappa shape index (κ2) is 6.19. The predicted molar refractivity (Wildman–Crippen MR) is 90.6 cm³/mol. The maximum absolute atomic E-state index is 13.8. The summed E-state index contributed by atoms with van der Waals surface area (Å²) in [6.07, 6.45) is 5.26. The van der Waals surface area contributed by atoms with Gasteiger partial charge in [-0.25, -0.2) is 9.37 Å². The van der Waals surface area contributed by atoms with Crippen molar-refractivity contribution in [3.63, 3.8) is 0 Å². The number of anilines is 1. The molecule has 0 saturated carbocycles. The monoisotopic (exact) mass is 325 g/mol. The topological polar surface area (TPSA) is 55.1 Å². The number of hydrogen-bond acceptors (Lipinski definition) is 4. The number of fused-ring (bicyclic) bond motifs is 2. The summed E-state index contributed by atoms with van der Waals surface area (Å²) in [5, 5.41) is 7.74. The number of aromatic nitrogens is 4. The van der Waals surface area contributed by atoms with E-state index in [9.17, 15) is 4.39 Å². The van der Waals surface area contributed by atoms with Gasteiger partial charge in [0.1, 0.15) is 18.0 Å². The molecule has 1 atom stereocenters. The first-order valence-electron chi connectivity index (χ1n) is 8.41. The van der Waals surface area contributed by atoms with E-state index in [-0.39, 0.29) is 5.82 Å². The number of rotatable bonds is 4. The van der Waals surface area contributed by atoms with Crippen LogP contribution in [0.15, 0.2) is 30.6 Å². The molecule has 0 spiro atoms. The summed E-state index contributed by atoms with van der Waals surface area (Å²) < 4.78 is 15.5. The molecule has 1 aliphatic carbocycles. The summed E-state index contributed by atoms with van der Waals surface area (Å²) >= 11 is 0. The molecule has 3 aromatic rings. The highest BCUT2D eigenvalue weighted by Gasteiger charge is 2.22. The molecule has 124 valence electrons. The van der Waals surface area contributed by atoms with E-state index in [0.29, 0.717) is 24.7 Å². The fourth-order valence-corrected chi connectivity index (χ4v) is 3.37. The molecule has 2 heterocycles. The van der Waals surface area contributed by atoms with E-state index in [1.165, 1.54) is 18.0 Å². The summed E-state index contributed by atoms with van der Waals surface area (Å²) in [6.45, 7) is 2.89. The lowest BCUT2D eigenvalue weighted by Gasteiger charge is -2.23. The third-order valence-corrected chi connectivity index (χ3v) is 4.68. The molecule has 0 aliphatic heterocycles. The van der Waals surface area contributed by atoms with Gasteiger partial charge in [0, 0.05) is 12.1 Å². The maximum Gasteiger partial charge on any atom is 0.254 e. The van der Waals surface area contributed by atoms with Crippen LogP contribution in [0, 0.1) is 11.7 Å². The zero-order valence-corrected chi connectivity index (χ0v) is 13.7. The minimum absolute atomic E-state index is 0.157. The summed E-state index contributed by atoms with van der Waals surface area (Å²) in [6, 6.07) is 6.90. The Kier molecular flexibility index (Phi) is 3.88. The van der Waals surface area contributed by atoms with Crippen molar-refractivity contribution >= 4 is 11.6 Å². The van der Waals surface area contributed by atoms with Crippen molar-refractivity contribution in [1.82, 2.24) is 19.6 Å². The SMILES string of the molecule is C[C@@H]1CCc2c(nc3ncnn3c2NCCc2ccccc2F)C1. The van der Waals surface area contributed by atoms with Crippen molar-refractivity contribution in [2.24, 2.45) is 5.92 Å². The van der Waals surface area contributed by atoms with Crippen LogP contribution < -0.4 is 5.32 Å². The Labute approximate surface area is 139 Å². The van der Waals surface area contributed by atoms with Gasteiger partial charge in [-0.2, -0.15) is 14.6 Å². The van der Waals surface area contributed by atoms with Crippen LogP contribution in [0.25, 0.3) is 5.78 Å². The molecular weight excluding hydrogens is 305 g/mol. The average molecular weight is 325 g/mol. The first-order chi connectivity index (χ1) is 11.7. The molecule has 6 heteroatoms. The zero-order chi connectivity index (χ0) is 16.5. The van der Waals surface area contributed by atoms with Crippen molar-refractivity contribution in [3.05, 3.63) is 53.2 Å². The summed E-state index contributed by atoms with van der Waals surface area (Å²) in [4.78, 5) is 8.89. The first-order valence-corrected chi connectivity index (χ1v) is 8.41. The van der Waals surface area contributed by atoms with Crippen molar-refractivity contribution in [2.75, 3.05) is 11.9 Å². The lowest BCUT2D eigenvalue weighted by atomic mass is 9.88. The van der Waals surface area contributed by atoms with E-state index in [1.54, 1.807) is 10.6 Å². The number of nitrogens with zero attached hydrogens (tertiary/aromatic N) is 4. The van der Waals surface area contributed by atoms with Gasteiger partial charge in [0.15, 0.2) is 0 Å². The lowest BCUT2D eigenvalue weighted by Crippen LogP contribution is -2.20. The van der Waals surface area contributed by atoms with E-state index < -0.39 is 0 Å². The highest BCUT2D eigenvalue weighted by atomic mass is 19.1. The van der Waals surface area contributed by atoms with Gasteiger partial charge < -0.3 is 5.32 Å². The Morgan fingerprint density at radius 2 is 2.21 bits per heavy atom. The molecule has 0 radical (unpaired) electrons. The second-order valence-electron chi connectivity index (χ2n) is 6.47. The molecule has 1 aliphatic rings. The fraction of sp³-hybridized carbons (Fsp3) is 0.389. The van der Waals surface area contributed by atoms with E-state index in [1.807, 2.05) is 12.1 Å². The van der Waals surface area contributed by atoms with Gasteiger partial charge in [-0.15, -0.1) is 0 Å². The standard InChI is InChI=1S/C18H20FN5/c1-12-6-7-14-16(10-12)23-18-21-11-22-24(18)17(14)20-9-8-13-4-2-3-5-15(13)19/h2-5,11-12,20H,6-10H2,1H3/t12-/m1/s1. The third-order valence-electron chi connectivity index (χ3n) is 4.68. The fourth-order valence-electron chi connectivity index (χ4n) is 3.37. The van der Waals surface area contributed by atoms with Gasteiger partial charge in [0.25, 0.3) is 5.78 Å². The maximum atomic E-state index is 13.8. The average Bonchev–Trinajstić information content (AvgIpc) is 3.03. The first kappa shape index (κ1) is 15.1. The van der Waals surface area contributed by atoms with Crippen LogP contribution in [-0.2, 0) is 19.3 Å². The molecule has 2 aromatic heterocycles. The molecule has 0 amide bonds. The zero-order valence-electron chi connectivity index (χ0n) is 13.7. The normalized spacial score (nSPS) is 17.0. The van der Waals surface area contributed by atoms with Gasteiger partial charge >= 0.3 is 0 Å². The van der Waals surface area contributed by atoms with Crippen molar-refractivity contribution in [1.29, 1.82) is 0 Å². The third kappa shape index (κ3) is 2.72. The van der Waals surface area contributed by atoms with Crippen LogP contribution in [0.4, 0.5) is 10.2 Å². The molecule has 4 rings (SSSR count). The number of nitrogens with one attached hydrogen (secondary N) is 1. The smallest absolute Gasteiger partial charge is 0.254 e. The Bertz CT molecular complexity index is 873. The van der Waals surface area contributed by atoms with Crippen LogP contribution in [0.1, 0.15) is 30.2 Å². The quantitative estimate of drug-likeness (QED) is 0.801. The number of benzene rings is 1. The van der Waals surface area contributed by atoms with Crippen LogP contribution >= 0.6 is 0 Å². The molecule has 1 N–H and O–H groups in total. The lowest BCUT2D eigenvalue weighted by molar-refractivity contribution is 0.491.